The van der Waals surface area contributed by atoms with Crippen LogP contribution in [0.1, 0.15) is 183 Å². The first-order valence-electron chi connectivity index (χ1n) is 34.6. The van der Waals surface area contributed by atoms with Gasteiger partial charge in [-0.25, -0.2) is 0 Å². The summed E-state index contributed by atoms with van der Waals surface area (Å²) in [5.74, 6) is 0. The van der Waals surface area contributed by atoms with E-state index in [2.05, 4.69) is 307 Å². The Hall–Kier alpha value is -7.80. The molecular formula is C90H108. The van der Waals surface area contributed by atoms with E-state index in [1.807, 2.05) is 0 Å². The van der Waals surface area contributed by atoms with E-state index in [-0.39, 0.29) is 0 Å². The van der Waals surface area contributed by atoms with Gasteiger partial charge in [-0.05, 0) is 278 Å². The molecule has 0 aliphatic rings. The molecule has 0 amide bonds. The number of hydrogen-bond acceptors (Lipinski definition) is 0. The Morgan fingerprint density at radius 2 is 0.633 bits per heavy atom. The second-order valence-electron chi connectivity index (χ2n) is 24.9. The van der Waals surface area contributed by atoms with Gasteiger partial charge in [0.2, 0.25) is 0 Å². The van der Waals surface area contributed by atoms with Gasteiger partial charge in [-0.1, -0.05) is 271 Å². The zero-order valence-corrected chi connectivity index (χ0v) is 58.8. The summed E-state index contributed by atoms with van der Waals surface area (Å²) >= 11 is 0. The van der Waals surface area contributed by atoms with Crippen molar-refractivity contribution in [3.05, 3.63) is 282 Å². The summed E-state index contributed by atoms with van der Waals surface area (Å²) in [7, 11) is 0. The lowest BCUT2D eigenvalue weighted by molar-refractivity contribution is 1.10. The summed E-state index contributed by atoms with van der Waals surface area (Å²) in [6, 6.07) is 68.1. The Morgan fingerprint density at radius 3 is 1.21 bits per heavy atom. The standard InChI is InChI=1S/6C15H18/c1-4-12-6-9-15-11(3)13(5-2)7-8-14(15)10-12;1-4-12-7-8-13(5-2)15-10-11(3)6-9-14(12)15;1-4-12-6-7-14-9-13(5-2)8-11(3)15(14)10-12;1-4-12-6-7-14-8-11(3)13(5-2)10-15(14)9-12;1-4-12-6-7-15-11(3)8-13(5-2)10-14(15)9-12;1-4-12-10-11(3)13(5-2)15-9-7-6-8-14(12)15/h6*6-10H,4-5H2,1-3H3. The van der Waals surface area contributed by atoms with Gasteiger partial charge in [-0.2, -0.15) is 0 Å². The van der Waals surface area contributed by atoms with Crippen molar-refractivity contribution in [3.8, 4) is 0 Å². The number of aryl methyl sites for hydroxylation is 18. The van der Waals surface area contributed by atoms with Crippen LogP contribution in [-0.2, 0) is 77.0 Å². The molecular weight excluding hydrogens is 1080 g/mol. The number of benzene rings is 12. The Kier molecular flexibility index (Phi) is 26.2. The molecule has 0 aliphatic carbocycles. The summed E-state index contributed by atoms with van der Waals surface area (Å²) in [6.45, 7) is 39.8. The molecule has 468 valence electrons. The summed E-state index contributed by atoms with van der Waals surface area (Å²) in [5.41, 5.74) is 25.8. The normalized spacial score (nSPS) is 10.9. The topological polar surface area (TPSA) is 0 Å². The third-order valence-corrected chi connectivity index (χ3v) is 18.9. The van der Waals surface area contributed by atoms with Gasteiger partial charge in [0.05, 0.1) is 0 Å². The molecule has 12 rings (SSSR count). The summed E-state index contributed by atoms with van der Waals surface area (Å²) < 4.78 is 0. The van der Waals surface area contributed by atoms with Crippen molar-refractivity contribution in [1.82, 2.24) is 0 Å². The van der Waals surface area contributed by atoms with Crippen LogP contribution in [-0.4, -0.2) is 0 Å². The summed E-state index contributed by atoms with van der Waals surface area (Å²) in [4.78, 5) is 0. The quantitative estimate of drug-likeness (QED) is 0.114. The molecule has 0 N–H and O–H groups in total. The van der Waals surface area contributed by atoms with Crippen LogP contribution in [0.2, 0.25) is 0 Å². The van der Waals surface area contributed by atoms with E-state index >= 15 is 0 Å². The smallest absolute Gasteiger partial charge is 0.0147 e. The molecule has 0 radical (unpaired) electrons. The molecule has 90 heavy (non-hydrogen) atoms. The molecule has 0 heteroatoms. The minimum absolute atomic E-state index is 1.11. The fraction of sp³-hybridized carbons (Fsp3) is 0.333. The van der Waals surface area contributed by atoms with Crippen molar-refractivity contribution < 1.29 is 0 Å². The highest BCUT2D eigenvalue weighted by Crippen LogP contribution is 2.30. The number of hydrogen-bond donors (Lipinski definition) is 0. The van der Waals surface area contributed by atoms with Crippen molar-refractivity contribution in [3.63, 3.8) is 0 Å². The fourth-order valence-electron chi connectivity index (χ4n) is 13.1. The van der Waals surface area contributed by atoms with Gasteiger partial charge in [-0.3, -0.25) is 0 Å². The lowest BCUT2D eigenvalue weighted by atomic mass is 9.93. The zero-order chi connectivity index (χ0) is 65.0. The predicted molar refractivity (Wildman–Crippen MR) is 405 cm³/mol. The average Bonchev–Trinajstić information content (AvgIpc) is 1.31. The van der Waals surface area contributed by atoms with E-state index in [0.29, 0.717) is 0 Å². The van der Waals surface area contributed by atoms with E-state index in [1.54, 1.807) is 0 Å². The van der Waals surface area contributed by atoms with Crippen LogP contribution >= 0.6 is 0 Å². The van der Waals surface area contributed by atoms with Crippen LogP contribution in [0, 0.1) is 41.5 Å². The Labute approximate surface area is 545 Å². The number of rotatable bonds is 12. The first kappa shape index (κ1) is 69.7. The maximum atomic E-state index is 2.35. The van der Waals surface area contributed by atoms with Crippen LogP contribution in [0.3, 0.4) is 0 Å². The van der Waals surface area contributed by atoms with Crippen LogP contribution in [0.5, 0.6) is 0 Å². The van der Waals surface area contributed by atoms with Crippen molar-refractivity contribution >= 4 is 64.6 Å². The lowest BCUT2D eigenvalue weighted by Crippen LogP contribution is -1.93. The average molecular weight is 1190 g/mol. The van der Waals surface area contributed by atoms with Gasteiger partial charge in [0.1, 0.15) is 0 Å². The molecule has 0 spiro atoms. The largest absolute Gasteiger partial charge is 0.0616 e. The second kappa shape index (κ2) is 33.9. The Balaban J connectivity index is 0.000000154. The Morgan fingerprint density at radius 1 is 0.200 bits per heavy atom. The summed E-state index contributed by atoms with van der Waals surface area (Å²) in [5, 5.41) is 16.9. The highest BCUT2D eigenvalue weighted by molar-refractivity contribution is 5.92. The highest BCUT2D eigenvalue weighted by Gasteiger charge is 2.09. The molecule has 0 aromatic heterocycles. The first-order chi connectivity index (χ1) is 43.5. The van der Waals surface area contributed by atoms with E-state index in [0.717, 1.165) is 77.0 Å². The van der Waals surface area contributed by atoms with E-state index < -0.39 is 0 Å². The molecule has 0 unspecified atom stereocenters. The molecule has 12 aromatic rings. The maximum absolute atomic E-state index is 2.35. The molecule has 0 bridgehead atoms. The molecule has 0 atom stereocenters. The molecule has 0 heterocycles. The lowest BCUT2D eigenvalue weighted by Gasteiger charge is -2.12. The SMILES string of the molecule is CCc1cc(C)c(CC)c2ccccc12.CCc1cc(C)c2cc(CC)ccc2c1.CCc1ccc(CC)c2cc(C)ccc12.CCc1ccc2c(C)c(CC)ccc2c1.CCc1ccc2c(C)cc(CC)cc2c1.CCc1ccc2cc(C)c(CC)cc2c1. The molecule has 0 fully saturated rings. The minimum Gasteiger partial charge on any atom is -0.0616 e. The van der Waals surface area contributed by atoms with Crippen LogP contribution < -0.4 is 0 Å². The fourth-order valence-corrected chi connectivity index (χ4v) is 13.1. The summed E-state index contributed by atoms with van der Waals surface area (Å²) in [6.07, 6.45) is 13.4. The van der Waals surface area contributed by atoms with Crippen molar-refractivity contribution in [1.29, 1.82) is 0 Å². The predicted octanol–water partition coefficient (Wildman–Crippen LogP) is 25.6. The minimum atomic E-state index is 1.11. The second-order valence-corrected chi connectivity index (χ2v) is 24.9. The number of fused-ring (bicyclic) bond motifs is 6. The van der Waals surface area contributed by atoms with E-state index in [1.165, 1.54) is 165 Å². The first-order valence-corrected chi connectivity index (χ1v) is 34.6. The molecule has 12 aromatic carbocycles. The third-order valence-electron chi connectivity index (χ3n) is 18.9. The van der Waals surface area contributed by atoms with E-state index in [4.69, 9.17) is 0 Å². The van der Waals surface area contributed by atoms with Crippen molar-refractivity contribution in [2.45, 2.75) is 202 Å². The van der Waals surface area contributed by atoms with Crippen LogP contribution in [0.4, 0.5) is 0 Å². The maximum Gasteiger partial charge on any atom is -0.0147 e. The van der Waals surface area contributed by atoms with Gasteiger partial charge in [0.25, 0.3) is 0 Å². The zero-order valence-electron chi connectivity index (χ0n) is 58.8. The van der Waals surface area contributed by atoms with Gasteiger partial charge in [-0.15, -0.1) is 0 Å². The van der Waals surface area contributed by atoms with Gasteiger partial charge >= 0.3 is 0 Å². The highest BCUT2D eigenvalue weighted by atomic mass is 14.1. The van der Waals surface area contributed by atoms with Crippen molar-refractivity contribution in [2.24, 2.45) is 0 Å². The van der Waals surface area contributed by atoms with Gasteiger partial charge < -0.3 is 0 Å². The van der Waals surface area contributed by atoms with Gasteiger partial charge in [0, 0.05) is 0 Å². The molecule has 0 saturated carbocycles. The molecule has 0 saturated heterocycles. The van der Waals surface area contributed by atoms with Crippen molar-refractivity contribution in [2.75, 3.05) is 0 Å². The third kappa shape index (κ3) is 17.4. The van der Waals surface area contributed by atoms with Crippen LogP contribution in [0.15, 0.2) is 182 Å². The monoisotopic (exact) mass is 1190 g/mol. The molecule has 0 aliphatic heterocycles. The Bertz CT molecular complexity index is 4310. The van der Waals surface area contributed by atoms with Gasteiger partial charge in [0.15, 0.2) is 0 Å². The molecule has 0 nitrogen and oxygen atoms in total. The van der Waals surface area contributed by atoms with E-state index in [9.17, 15) is 0 Å². The van der Waals surface area contributed by atoms with Crippen LogP contribution in [0.25, 0.3) is 64.6 Å².